The fourth-order valence-electron chi connectivity index (χ4n) is 1.68. The molecule has 2 rings (SSSR count). The Balaban J connectivity index is 2.21. The summed E-state index contributed by atoms with van der Waals surface area (Å²) in [5.41, 5.74) is 8.62. The number of anilines is 1. The molecule has 0 aliphatic rings. The van der Waals surface area contributed by atoms with Crippen LogP contribution in [0.3, 0.4) is 0 Å². The van der Waals surface area contributed by atoms with Crippen molar-refractivity contribution in [2.45, 2.75) is 17.6 Å². The second-order valence-corrected chi connectivity index (χ2v) is 6.52. The van der Waals surface area contributed by atoms with Crippen LogP contribution < -0.4 is 5.73 Å². The lowest BCUT2D eigenvalue weighted by atomic mass is 10.2. The highest BCUT2D eigenvalue weighted by Gasteiger charge is 2.08. The molecule has 18 heavy (non-hydrogen) atoms. The average molecular weight is 324 g/mol. The number of rotatable bonds is 3. The Bertz CT molecular complexity index is 598. The summed E-state index contributed by atoms with van der Waals surface area (Å²) in [6, 6.07) is 13.4. The summed E-state index contributed by atoms with van der Waals surface area (Å²) < 4.78 is 13.2. The number of benzene rings is 2. The largest absolute Gasteiger partial charge is 0.398 e. The van der Waals surface area contributed by atoms with Crippen LogP contribution in [-0.2, 0) is 16.6 Å². The van der Waals surface area contributed by atoms with Gasteiger partial charge >= 0.3 is 0 Å². The van der Waals surface area contributed by atoms with Crippen molar-refractivity contribution in [2.75, 3.05) is 5.73 Å². The molecule has 0 saturated carbocycles. The van der Waals surface area contributed by atoms with Crippen LogP contribution in [-0.4, -0.2) is 4.21 Å². The van der Waals surface area contributed by atoms with Crippen molar-refractivity contribution in [2.24, 2.45) is 0 Å². The van der Waals surface area contributed by atoms with E-state index in [2.05, 4.69) is 15.9 Å². The van der Waals surface area contributed by atoms with Gasteiger partial charge in [-0.1, -0.05) is 34.1 Å². The van der Waals surface area contributed by atoms with Gasteiger partial charge in [0.2, 0.25) is 0 Å². The van der Waals surface area contributed by atoms with Crippen LogP contribution in [0.15, 0.2) is 51.8 Å². The SMILES string of the molecule is Cc1cccc(S(=O)Cc2ccc(Br)cc2N)c1. The first-order valence-corrected chi connectivity index (χ1v) is 7.66. The Morgan fingerprint density at radius 2 is 2.00 bits per heavy atom. The maximum Gasteiger partial charge on any atom is 0.0575 e. The number of hydrogen-bond acceptors (Lipinski definition) is 2. The molecule has 4 heteroatoms. The zero-order valence-electron chi connectivity index (χ0n) is 10.0. The quantitative estimate of drug-likeness (QED) is 0.876. The van der Waals surface area contributed by atoms with Crippen LogP contribution in [0.4, 0.5) is 5.69 Å². The predicted octanol–water partition coefficient (Wildman–Crippen LogP) is 3.65. The Labute approximate surface area is 118 Å². The fraction of sp³-hybridized carbons (Fsp3) is 0.143. The van der Waals surface area contributed by atoms with Gasteiger partial charge < -0.3 is 5.73 Å². The molecule has 0 fully saturated rings. The summed E-state index contributed by atoms with van der Waals surface area (Å²) in [6.07, 6.45) is 0. The van der Waals surface area contributed by atoms with Crippen molar-refractivity contribution >= 4 is 32.4 Å². The molecule has 2 aromatic carbocycles. The maximum atomic E-state index is 12.2. The molecule has 0 aliphatic heterocycles. The van der Waals surface area contributed by atoms with Gasteiger partial charge in [-0.2, -0.15) is 0 Å². The monoisotopic (exact) mass is 323 g/mol. The van der Waals surface area contributed by atoms with Gasteiger partial charge in [-0.05, 0) is 42.3 Å². The number of hydrogen-bond donors (Lipinski definition) is 1. The first-order chi connectivity index (χ1) is 8.56. The molecule has 0 amide bonds. The second-order valence-electron chi connectivity index (χ2n) is 4.15. The van der Waals surface area contributed by atoms with Crippen molar-refractivity contribution in [3.05, 3.63) is 58.1 Å². The minimum atomic E-state index is -1.06. The molecular formula is C14H14BrNOS. The van der Waals surface area contributed by atoms with Crippen molar-refractivity contribution < 1.29 is 4.21 Å². The highest BCUT2D eigenvalue weighted by Crippen LogP contribution is 2.22. The molecule has 0 aromatic heterocycles. The summed E-state index contributed by atoms with van der Waals surface area (Å²) in [5.74, 6) is 0.447. The average Bonchev–Trinajstić information content (AvgIpc) is 2.32. The Morgan fingerprint density at radius 3 is 2.67 bits per heavy atom. The lowest BCUT2D eigenvalue weighted by Crippen LogP contribution is -2.00. The molecule has 0 radical (unpaired) electrons. The highest BCUT2D eigenvalue weighted by molar-refractivity contribution is 9.10. The number of nitrogens with two attached hydrogens (primary N) is 1. The standard InChI is InChI=1S/C14H14BrNOS/c1-10-3-2-4-13(7-10)18(17)9-11-5-6-12(15)8-14(11)16/h2-8H,9,16H2,1H3. The van der Waals surface area contributed by atoms with E-state index in [9.17, 15) is 4.21 Å². The van der Waals surface area contributed by atoms with E-state index in [1.54, 1.807) is 0 Å². The summed E-state index contributed by atoms with van der Waals surface area (Å²) >= 11 is 3.36. The topological polar surface area (TPSA) is 43.1 Å². The minimum absolute atomic E-state index is 0.447. The third-order valence-corrected chi connectivity index (χ3v) is 4.49. The van der Waals surface area contributed by atoms with Gasteiger partial charge in [-0.25, -0.2) is 0 Å². The summed E-state index contributed by atoms with van der Waals surface area (Å²) in [5, 5.41) is 0. The third kappa shape index (κ3) is 3.21. The second kappa shape index (κ2) is 5.67. The van der Waals surface area contributed by atoms with Gasteiger partial charge in [-0.3, -0.25) is 4.21 Å². The van der Waals surface area contributed by atoms with Crippen LogP contribution in [0.2, 0.25) is 0 Å². The Morgan fingerprint density at radius 1 is 1.22 bits per heavy atom. The van der Waals surface area contributed by atoms with E-state index in [1.165, 1.54) is 0 Å². The lowest BCUT2D eigenvalue weighted by molar-refractivity contribution is 0.682. The van der Waals surface area contributed by atoms with Crippen LogP contribution in [0.5, 0.6) is 0 Å². The molecule has 0 spiro atoms. The van der Waals surface area contributed by atoms with Crippen LogP contribution in [0.25, 0.3) is 0 Å². The smallest absolute Gasteiger partial charge is 0.0575 e. The fourth-order valence-corrected chi connectivity index (χ4v) is 3.32. The van der Waals surface area contributed by atoms with E-state index in [0.29, 0.717) is 11.4 Å². The maximum absolute atomic E-state index is 12.2. The lowest BCUT2D eigenvalue weighted by Gasteiger charge is -2.07. The summed E-state index contributed by atoms with van der Waals surface area (Å²) in [6.45, 7) is 1.99. The summed E-state index contributed by atoms with van der Waals surface area (Å²) in [4.78, 5) is 0.845. The zero-order valence-corrected chi connectivity index (χ0v) is 12.4. The Kier molecular flexibility index (Phi) is 4.19. The van der Waals surface area contributed by atoms with Crippen molar-refractivity contribution in [1.82, 2.24) is 0 Å². The molecule has 0 bridgehead atoms. The molecule has 0 heterocycles. The molecule has 1 atom stereocenters. The van der Waals surface area contributed by atoms with Crippen molar-refractivity contribution in [3.63, 3.8) is 0 Å². The first-order valence-electron chi connectivity index (χ1n) is 5.55. The molecule has 2 nitrogen and oxygen atoms in total. The van der Waals surface area contributed by atoms with E-state index in [0.717, 1.165) is 20.5 Å². The van der Waals surface area contributed by atoms with E-state index in [1.807, 2.05) is 49.4 Å². The van der Waals surface area contributed by atoms with E-state index >= 15 is 0 Å². The van der Waals surface area contributed by atoms with Gasteiger partial charge in [0.25, 0.3) is 0 Å². The Hall–Kier alpha value is -1.13. The molecule has 94 valence electrons. The highest BCUT2D eigenvalue weighted by atomic mass is 79.9. The number of nitrogen functional groups attached to an aromatic ring is 1. The number of halogens is 1. The third-order valence-electron chi connectivity index (χ3n) is 2.65. The molecule has 2 N–H and O–H groups in total. The molecule has 0 aliphatic carbocycles. The molecule has 1 unspecified atom stereocenters. The van der Waals surface area contributed by atoms with Crippen molar-refractivity contribution in [3.8, 4) is 0 Å². The predicted molar refractivity (Wildman–Crippen MR) is 79.8 cm³/mol. The van der Waals surface area contributed by atoms with Gasteiger partial charge in [0.05, 0.1) is 16.6 Å². The van der Waals surface area contributed by atoms with Crippen LogP contribution in [0.1, 0.15) is 11.1 Å². The number of aryl methyl sites for hydroxylation is 1. The van der Waals surface area contributed by atoms with Gasteiger partial charge in [-0.15, -0.1) is 0 Å². The van der Waals surface area contributed by atoms with Crippen LogP contribution in [0, 0.1) is 6.92 Å². The van der Waals surface area contributed by atoms with E-state index in [4.69, 9.17) is 5.73 Å². The molecule has 2 aromatic rings. The summed E-state index contributed by atoms with van der Waals surface area (Å²) in [7, 11) is -1.06. The normalized spacial score (nSPS) is 12.3. The minimum Gasteiger partial charge on any atom is -0.398 e. The molecule has 0 saturated heterocycles. The van der Waals surface area contributed by atoms with Gasteiger partial charge in [0.15, 0.2) is 0 Å². The van der Waals surface area contributed by atoms with E-state index in [-0.39, 0.29) is 0 Å². The molecular weight excluding hydrogens is 310 g/mol. The van der Waals surface area contributed by atoms with Crippen molar-refractivity contribution in [1.29, 1.82) is 0 Å². The first kappa shape index (κ1) is 13.3. The van der Waals surface area contributed by atoms with Crippen LogP contribution >= 0.6 is 15.9 Å². The zero-order chi connectivity index (χ0) is 13.1. The van der Waals surface area contributed by atoms with Gasteiger partial charge in [0.1, 0.15) is 0 Å². The van der Waals surface area contributed by atoms with Gasteiger partial charge in [0, 0.05) is 15.1 Å². The van der Waals surface area contributed by atoms with E-state index < -0.39 is 10.8 Å².